The molecular weight excluding hydrogens is 208 g/mol. The lowest BCUT2D eigenvalue weighted by Crippen LogP contribution is -2.28. The molecule has 0 radical (unpaired) electrons. The Morgan fingerprint density at radius 2 is 2.06 bits per heavy atom. The summed E-state index contributed by atoms with van der Waals surface area (Å²) >= 11 is 0. The van der Waals surface area contributed by atoms with Gasteiger partial charge in [-0.2, -0.15) is 0 Å². The number of hydrogen-bond acceptors (Lipinski definition) is 2. The van der Waals surface area contributed by atoms with Crippen LogP contribution in [0.15, 0.2) is 30.4 Å². The molecule has 1 aromatic heterocycles. The molecule has 2 nitrogen and oxygen atoms in total. The number of aromatic nitrogens is 1. The number of anilines is 1. The summed E-state index contributed by atoms with van der Waals surface area (Å²) in [6.45, 7) is 6.37. The molecule has 0 aromatic carbocycles. The van der Waals surface area contributed by atoms with Crippen LogP contribution in [0.5, 0.6) is 0 Å². The summed E-state index contributed by atoms with van der Waals surface area (Å²) in [5.74, 6) is 0.621. The Morgan fingerprint density at radius 3 is 2.65 bits per heavy atom. The number of hydrogen-bond donors (Lipinski definition) is 1. The Hall–Kier alpha value is -1.31. The van der Waals surface area contributed by atoms with Crippen molar-refractivity contribution in [2.75, 3.05) is 5.73 Å². The average Bonchev–Trinajstić information content (AvgIpc) is 2.30. The standard InChI is InChI=1S/C15H22N2/c1-12(2)15(9-4-3-5-10-15)11-13-7-6-8-14(16)17-13/h6-8H,1,3-5,9-11H2,2H3,(H2,16,17). The molecule has 2 rings (SSSR count). The third kappa shape index (κ3) is 2.68. The van der Waals surface area contributed by atoms with Gasteiger partial charge in [-0.15, -0.1) is 0 Å². The van der Waals surface area contributed by atoms with Crippen LogP contribution in [0.25, 0.3) is 0 Å². The summed E-state index contributed by atoms with van der Waals surface area (Å²) in [5.41, 5.74) is 8.43. The number of nitrogens with two attached hydrogens (primary N) is 1. The average molecular weight is 230 g/mol. The van der Waals surface area contributed by atoms with E-state index < -0.39 is 0 Å². The second kappa shape index (κ2) is 4.91. The van der Waals surface area contributed by atoms with Crippen LogP contribution in [0.3, 0.4) is 0 Å². The van der Waals surface area contributed by atoms with E-state index in [0.717, 1.165) is 12.1 Å². The number of pyridine rings is 1. The molecule has 1 heterocycles. The van der Waals surface area contributed by atoms with E-state index in [2.05, 4.69) is 24.6 Å². The number of nitrogens with zero attached hydrogens (tertiary/aromatic N) is 1. The van der Waals surface area contributed by atoms with E-state index in [4.69, 9.17) is 5.73 Å². The largest absolute Gasteiger partial charge is 0.384 e. The summed E-state index contributed by atoms with van der Waals surface area (Å²) in [7, 11) is 0. The highest BCUT2D eigenvalue weighted by Gasteiger charge is 2.33. The molecule has 92 valence electrons. The lowest BCUT2D eigenvalue weighted by molar-refractivity contribution is 0.236. The first-order chi connectivity index (χ1) is 8.12. The molecular formula is C15H22N2. The molecule has 2 N–H and O–H groups in total. The molecule has 2 heteroatoms. The maximum atomic E-state index is 5.75. The van der Waals surface area contributed by atoms with Gasteiger partial charge in [0.15, 0.2) is 0 Å². The Labute approximate surface area is 104 Å². The minimum Gasteiger partial charge on any atom is -0.384 e. The summed E-state index contributed by atoms with van der Waals surface area (Å²) in [4.78, 5) is 4.43. The molecule has 0 aliphatic heterocycles. The van der Waals surface area contributed by atoms with Gasteiger partial charge >= 0.3 is 0 Å². The normalized spacial score (nSPS) is 18.9. The monoisotopic (exact) mass is 230 g/mol. The molecule has 1 saturated carbocycles. The van der Waals surface area contributed by atoms with Crippen molar-refractivity contribution in [1.29, 1.82) is 0 Å². The fourth-order valence-corrected chi connectivity index (χ4v) is 2.93. The second-order valence-corrected chi connectivity index (χ2v) is 5.35. The highest BCUT2D eigenvalue weighted by atomic mass is 14.8. The van der Waals surface area contributed by atoms with Crippen LogP contribution < -0.4 is 5.73 Å². The predicted octanol–water partition coefficient (Wildman–Crippen LogP) is 3.73. The molecule has 1 aromatic rings. The number of allylic oxidation sites excluding steroid dienone is 1. The Morgan fingerprint density at radius 1 is 1.35 bits per heavy atom. The minimum absolute atomic E-state index is 0.263. The molecule has 1 aliphatic carbocycles. The van der Waals surface area contributed by atoms with Crippen molar-refractivity contribution in [2.45, 2.75) is 45.4 Å². The van der Waals surface area contributed by atoms with Gasteiger partial charge in [-0.25, -0.2) is 4.98 Å². The van der Waals surface area contributed by atoms with Crippen LogP contribution in [-0.4, -0.2) is 4.98 Å². The quantitative estimate of drug-likeness (QED) is 0.803. The van der Waals surface area contributed by atoms with Crippen LogP contribution in [0, 0.1) is 5.41 Å². The first-order valence-electron chi connectivity index (χ1n) is 6.50. The maximum absolute atomic E-state index is 5.75. The third-order valence-corrected chi connectivity index (χ3v) is 4.06. The van der Waals surface area contributed by atoms with Crippen molar-refractivity contribution in [2.24, 2.45) is 5.41 Å². The van der Waals surface area contributed by atoms with E-state index >= 15 is 0 Å². The van der Waals surface area contributed by atoms with E-state index in [1.807, 2.05) is 12.1 Å². The van der Waals surface area contributed by atoms with Gasteiger partial charge in [0.05, 0.1) is 0 Å². The van der Waals surface area contributed by atoms with Crippen molar-refractivity contribution in [3.63, 3.8) is 0 Å². The summed E-state index contributed by atoms with van der Waals surface area (Å²) in [6.07, 6.45) is 7.48. The fraction of sp³-hybridized carbons (Fsp3) is 0.533. The highest BCUT2D eigenvalue weighted by molar-refractivity contribution is 5.30. The van der Waals surface area contributed by atoms with Crippen molar-refractivity contribution in [3.8, 4) is 0 Å². The van der Waals surface area contributed by atoms with E-state index in [0.29, 0.717) is 5.82 Å². The van der Waals surface area contributed by atoms with Gasteiger partial charge in [0.2, 0.25) is 0 Å². The Kier molecular flexibility index (Phi) is 3.51. The van der Waals surface area contributed by atoms with Gasteiger partial charge < -0.3 is 5.73 Å². The first-order valence-corrected chi connectivity index (χ1v) is 6.50. The van der Waals surface area contributed by atoms with Gasteiger partial charge in [0.1, 0.15) is 5.82 Å². The zero-order chi connectivity index (χ0) is 12.3. The lowest BCUT2D eigenvalue weighted by atomic mass is 9.67. The Balaban J connectivity index is 2.20. The fourth-order valence-electron chi connectivity index (χ4n) is 2.93. The zero-order valence-electron chi connectivity index (χ0n) is 10.7. The third-order valence-electron chi connectivity index (χ3n) is 4.06. The summed E-state index contributed by atoms with van der Waals surface area (Å²) < 4.78 is 0. The second-order valence-electron chi connectivity index (χ2n) is 5.35. The molecule has 17 heavy (non-hydrogen) atoms. The van der Waals surface area contributed by atoms with E-state index in [9.17, 15) is 0 Å². The van der Waals surface area contributed by atoms with Gasteiger partial charge in [-0.3, -0.25) is 0 Å². The zero-order valence-corrected chi connectivity index (χ0v) is 10.7. The maximum Gasteiger partial charge on any atom is 0.123 e. The minimum atomic E-state index is 0.263. The molecule has 0 amide bonds. The molecule has 0 atom stereocenters. The van der Waals surface area contributed by atoms with Crippen molar-refractivity contribution < 1.29 is 0 Å². The summed E-state index contributed by atoms with van der Waals surface area (Å²) in [5, 5.41) is 0. The van der Waals surface area contributed by atoms with Gasteiger partial charge in [-0.05, 0) is 43.7 Å². The number of nitrogen functional groups attached to an aromatic ring is 1. The smallest absolute Gasteiger partial charge is 0.123 e. The molecule has 0 bridgehead atoms. The van der Waals surface area contributed by atoms with Crippen molar-refractivity contribution in [1.82, 2.24) is 4.98 Å². The highest BCUT2D eigenvalue weighted by Crippen LogP contribution is 2.44. The van der Waals surface area contributed by atoms with Crippen LogP contribution in [0.2, 0.25) is 0 Å². The van der Waals surface area contributed by atoms with E-state index in [1.54, 1.807) is 0 Å². The van der Waals surface area contributed by atoms with Crippen LogP contribution in [0.4, 0.5) is 5.82 Å². The predicted molar refractivity (Wildman–Crippen MR) is 72.7 cm³/mol. The summed E-state index contributed by atoms with van der Waals surface area (Å²) in [6, 6.07) is 5.92. The number of rotatable bonds is 3. The van der Waals surface area contributed by atoms with Gasteiger partial charge in [-0.1, -0.05) is 37.5 Å². The van der Waals surface area contributed by atoms with E-state index in [1.165, 1.54) is 37.7 Å². The molecule has 0 spiro atoms. The van der Waals surface area contributed by atoms with Crippen molar-refractivity contribution in [3.05, 3.63) is 36.0 Å². The van der Waals surface area contributed by atoms with Gasteiger partial charge in [0.25, 0.3) is 0 Å². The van der Waals surface area contributed by atoms with Gasteiger partial charge in [0, 0.05) is 5.69 Å². The topological polar surface area (TPSA) is 38.9 Å². The van der Waals surface area contributed by atoms with Crippen LogP contribution in [0.1, 0.15) is 44.7 Å². The molecule has 1 fully saturated rings. The first kappa shape index (κ1) is 12.2. The van der Waals surface area contributed by atoms with Crippen LogP contribution >= 0.6 is 0 Å². The lowest BCUT2D eigenvalue weighted by Gasteiger charge is -2.38. The molecule has 0 saturated heterocycles. The SMILES string of the molecule is C=C(C)C1(Cc2cccc(N)n2)CCCCC1. The Bertz CT molecular complexity index is 403. The van der Waals surface area contributed by atoms with Crippen LogP contribution in [-0.2, 0) is 6.42 Å². The molecule has 0 unspecified atom stereocenters. The molecule has 1 aliphatic rings. The van der Waals surface area contributed by atoms with Crippen molar-refractivity contribution >= 4 is 5.82 Å². The van der Waals surface area contributed by atoms with E-state index in [-0.39, 0.29) is 5.41 Å².